The average Bonchev–Trinajstić information content (AvgIpc) is 2.43. The predicted molar refractivity (Wildman–Crippen MR) is 105 cm³/mol. The van der Waals surface area contributed by atoms with Crippen molar-refractivity contribution in [1.29, 1.82) is 0 Å². The lowest BCUT2D eigenvalue weighted by molar-refractivity contribution is -0.140. The Bertz CT molecular complexity index is 392. The van der Waals surface area contributed by atoms with E-state index in [1.165, 1.54) is 0 Å². The van der Waals surface area contributed by atoms with Crippen molar-refractivity contribution >= 4 is 23.6 Å². The molecule has 0 saturated carbocycles. The van der Waals surface area contributed by atoms with Crippen LogP contribution in [0.4, 0.5) is 0 Å². The second kappa shape index (κ2) is 8.47. The van der Waals surface area contributed by atoms with Crippen molar-refractivity contribution in [2.24, 2.45) is 0 Å². The summed E-state index contributed by atoms with van der Waals surface area (Å²) in [7, 11) is -4.12. The standard InChI is InChI=1S/C18H39O4Si2/c1-12-18(10,23(20-13-2)21-14-3)15(19)22-24(11,16(4,5)6)17(7,8)9/h12-14H2,1-11H3. The molecule has 4 nitrogen and oxygen atoms in total. The normalized spacial score (nSPS) is 16.2. The Morgan fingerprint density at radius 3 is 1.50 bits per heavy atom. The third kappa shape index (κ3) is 4.93. The molecule has 0 heterocycles. The molecule has 6 heteroatoms. The molecule has 1 radical (unpaired) electrons. The van der Waals surface area contributed by atoms with Gasteiger partial charge in [0.1, 0.15) is 5.04 Å². The number of carbonyl (C=O) groups is 1. The number of hydrogen-bond acceptors (Lipinski definition) is 4. The van der Waals surface area contributed by atoms with Crippen LogP contribution in [0.15, 0.2) is 0 Å². The van der Waals surface area contributed by atoms with E-state index < -0.39 is 22.6 Å². The molecule has 0 fully saturated rings. The molecule has 143 valence electrons. The summed E-state index contributed by atoms with van der Waals surface area (Å²) < 4.78 is 18.0. The Labute approximate surface area is 152 Å². The van der Waals surface area contributed by atoms with Gasteiger partial charge in [-0.3, -0.25) is 4.79 Å². The Morgan fingerprint density at radius 2 is 1.25 bits per heavy atom. The van der Waals surface area contributed by atoms with Crippen LogP contribution in [-0.4, -0.2) is 36.8 Å². The van der Waals surface area contributed by atoms with Gasteiger partial charge >= 0.3 is 9.28 Å². The summed E-state index contributed by atoms with van der Waals surface area (Å²) in [6, 6.07) is 0. The minimum absolute atomic E-state index is 0.0559. The van der Waals surface area contributed by atoms with E-state index in [2.05, 4.69) is 48.1 Å². The van der Waals surface area contributed by atoms with E-state index in [9.17, 15) is 4.79 Å². The second-order valence-electron chi connectivity index (χ2n) is 8.76. The predicted octanol–water partition coefficient (Wildman–Crippen LogP) is 5.44. The lowest BCUT2D eigenvalue weighted by Gasteiger charge is -2.49. The van der Waals surface area contributed by atoms with Gasteiger partial charge in [-0.05, 0) is 43.8 Å². The highest BCUT2D eigenvalue weighted by atomic mass is 28.4. The Balaban J connectivity index is 5.76. The zero-order valence-electron chi connectivity index (χ0n) is 17.8. The van der Waals surface area contributed by atoms with Crippen molar-refractivity contribution in [2.45, 2.75) is 97.3 Å². The van der Waals surface area contributed by atoms with Gasteiger partial charge in [-0.1, -0.05) is 48.5 Å². The summed E-state index contributed by atoms with van der Waals surface area (Å²) >= 11 is 0. The van der Waals surface area contributed by atoms with E-state index in [-0.39, 0.29) is 16.0 Å². The van der Waals surface area contributed by atoms with E-state index >= 15 is 0 Å². The first-order valence-corrected chi connectivity index (χ1v) is 12.8. The molecule has 24 heavy (non-hydrogen) atoms. The smallest absolute Gasteiger partial charge is 0.402 e. The molecule has 0 aliphatic heterocycles. The quantitative estimate of drug-likeness (QED) is 0.530. The van der Waals surface area contributed by atoms with Crippen LogP contribution in [0.5, 0.6) is 0 Å². The van der Waals surface area contributed by atoms with Gasteiger partial charge in [-0.15, -0.1) is 0 Å². The minimum atomic E-state index is -2.38. The van der Waals surface area contributed by atoms with Gasteiger partial charge in [0.25, 0.3) is 14.3 Å². The van der Waals surface area contributed by atoms with Crippen LogP contribution in [0.2, 0.25) is 21.7 Å². The molecular weight excluding hydrogens is 336 g/mol. The van der Waals surface area contributed by atoms with Crippen LogP contribution in [0.3, 0.4) is 0 Å². The van der Waals surface area contributed by atoms with Crippen molar-refractivity contribution in [3.63, 3.8) is 0 Å². The number of carbonyl (C=O) groups excluding carboxylic acids is 1. The van der Waals surface area contributed by atoms with Crippen molar-refractivity contribution in [3.8, 4) is 0 Å². The maximum absolute atomic E-state index is 13.3. The zero-order valence-corrected chi connectivity index (χ0v) is 19.8. The first kappa shape index (κ1) is 23.8. The van der Waals surface area contributed by atoms with E-state index in [1.807, 2.05) is 27.7 Å². The summed E-state index contributed by atoms with van der Waals surface area (Å²) in [5, 5.41) is -0.819. The minimum Gasteiger partial charge on any atom is -0.518 e. The fourth-order valence-corrected chi connectivity index (χ4v) is 8.04. The Kier molecular flexibility index (Phi) is 8.41. The molecule has 0 bridgehead atoms. The topological polar surface area (TPSA) is 44.8 Å². The maximum Gasteiger partial charge on any atom is 0.402 e. The van der Waals surface area contributed by atoms with E-state index in [4.69, 9.17) is 13.3 Å². The van der Waals surface area contributed by atoms with Gasteiger partial charge in [-0.2, -0.15) is 0 Å². The van der Waals surface area contributed by atoms with Crippen LogP contribution in [0.25, 0.3) is 0 Å². The lowest BCUT2D eigenvalue weighted by atomic mass is 10.1. The summed E-state index contributed by atoms with van der Waals surface area (Å²) in [4.78, 5) is 13.3. The highest BCUT2D eigenvalue weighted by Gasteiger charge is 2.57. The van der Waals surface area contributed by atoms with Gasteiger partial charge in [0.05, 0.1) is 0 Å². The SMILES string of the molecule is CCO[Si](OCC)C(C)(CC)C(=O)O[Si](C)(C(C)(C)C)C(C)(C)C. The first-order valence-electron chi connectivity index (χ1n) is 9.07. The van der Waals surface area contributed by atoms with E-state index in [0.29, 0.717) is 19.6 Å². The highest BCUT2D eigenvalue weighted by molar-refractivity contribution is 6.79. The molecule has 0 aromatic heterocycles. The van der Waals surface area contributed by atoms with Crippen molar-refractivity contribution < 1.29 is 18.1 Å². The molecule has 0 aromatic rings. The van der Waals surface area contributed by atoms with E-state index in [0.717, 1.165) is 0 Å². The largest absolute Gasteiger partial charge is 0.518 e. The molecular formula is C18H39O4Si2. The summed E-state index contributed by atoms with van der Waals surface area (Å²) in [6.07, 6.45) is 0.652. The molecule has 0 aliphatic carbocycles. The molecule has 1 unspecified atom stereocenters. The Hall–Kier alpha value is -0.176. The van der Waals surface area contributed by atoms with Gasteiger partial charge in [0, 0.05) is 13.2 Å². The zero-order chi connectivity index (χ0) is 19.4. The fourth-order valence-electron chi connectivity index (χ4n) is 2.72. The van der Waals surface area contributed by atoms with Crippen molar-refractivity contribution in [1.82, 2.24) is 0 Å². The van der Waals surface area contributed by atoms with Gasteiger partial charge in [-0.25, -0.2) is 0 Å². The highest BCUT2D eigenvalue weighted by Crippen LogP contribution is 2.53. The van der Waals surface area contributed by atoms with Crippen LogP contribution < -0.4 is 0 Å². The molecule has 0 saturated heterocycles. The third-order valence-electron chi connectivity index (χ3n) is 5.32. The number of rotatable bonds is 8. The van der Waals surface area contributed by atoms with Crippen LogP contribution in [0.1, 0.15) is 75.7 Å². The summed E-state index contributed by atoms with van der Waals surface area (Å²) in [6.45, 7) is 24.2. The average molecular weight is 376 g/mol. The molecule has 0 spiro atoms. The first-order chi connectivity index (χ1) is 10.7. The fraction of sp³-hybridized carbons (Fsp3) is 0.944. The van der Waals surface area contributed by atoms with Crippen molar-refractivity contribution in [3.05, 3.63) is 0 Å². The second-order valence-corrected chi connectivity index (χ2v) is 16.3. The van der Waals surface area contributed by atoms with E-state index in [1.54, 1.807) is 0 Å². The van der Waals surface area contributed by atoms with Crippen molar-refractivity contribution in [2.75, 3.05) is 13.2 Å². The maximum atomic E-state index is 13.3. The molecule has 0 amide bonds. The van der Waals surface area contributed by atoms with Gasteiger partial charge in [0.15, 0.2) is 0 Å². The van der Waals surface area contributed by atoms with Gasteiger partial charge in [0.2, 0.25) is 0 Å². The molecule has 0 aromatic carbocycles. The van der Waals surface area contributed by atoms with Crippen LogP contribution in [0, 0.1) is 0 Å². The summed E-state index contributed by atoms with van der Waals surface area (Å²) in [5.74, 6) is -0.153. The van der Waals surface area contributed by atoms with Crippen LogP contribution in [-0.2, 0) is 18.1 Å². The summed E-state index contributed by atoms with van der Waals surface area (Å²) in [5.41, 5.74) is 0. The van der Waals surface area contributed by atoms with Gasteiger partial charge < -0.3 is 13.3 Å². The van der Waals surface area contributed by atoms with Crippen LogP contribution >= 0.6 is 0 Å². The molecule has 0 aliphatic rings. The lowest BCUT2D eigenvalue weighted by Crippen LogP contribution is -2.56. The third-order valence-corrected chi connectivity index (χ3v) is 14.2. The molecule has 1 atom stereocenters. The molecule has 0 N–H and O–H groups in total. The molecule has 0 rings (SSSR count). The monoisotopic (exact) mass is 375 g/mol. The number of hydrogen-bond donors (Lipinski definition) is 0. The Morgan fingerprint density at radius 1 is 0.875 bits per heavy atom.